The van der Waals surface area contributed by atoms with Gasteiger partial charge in [-0.05, 0) is 42.4 Å². The molecule has 2 aromatic rings. The number of nitrogens with zero attached hydrogens (tertiary/aromatic N) is 2. The molecule has 0 unspecified atom stereocenters. The Hall–Kier alpha value is -3.43. The zero-order valence-corrected chi connectivity index (χ0v) is 29.6. The number of hydrogen-bond donors (Lipinski definition) is 3. The molecule has 0 bridgehead atoms. The first kappa shape index (κ1) is 36.8. The summed E-state index contributed by atoms with van der Waals surface area (Å²) in [5.74, 6) is 0.386. The van der Waals surface area contributed by atoms with E-state index in [4.69, 9.17) is 18.9 Å². The normalized spacial score (nSPS) is 21.7. The third-order valence-corrected chi connectivity index (χ3v) is 11.2. The van der Waals surface area contributed by atoms with Crippen LogP contribution >= 0.6 is 0 Å². The molecule has 5 rings (SSSR count). The molecule has 5 atom stereocenters. The molecule has 0 radical (unpaired) electrons. The number of hydrogen-bond acceptors (Lipinski definition) is 9. The molecule has 3 aliphatic heterocycles. The van der Waals surface area contributed by atoms with Gasteiger partial charge in [-0.1, -0.05) is 65.0 Å². The lowest BCUT2D eigenvalue weighted by atomic mass is 9.88. The van der Waals surface area contributed by atoms with E-state index in [1.165, 1.54) is 27.4 Å². The minimum Gasteiger partial charge on any atom is -0.465 e. The number of sulfonamides is 1. The topological polar surface area (TPSA) is 164 Å². The average molecular weight is 704 g/mol. The highest BCUT2D eigenvalue weighted by Crippen LogP contribution is 2.38. The molecule has 3 heterocycles. The van der Waals surface area contributed by atoms with Crippen molar-refractivity contribution in [3.05, 3.63) is 54.1 Å². The molecule has 0 saturated carbocycles. The summed E-state index contributed by atoms with van der Waals surface area (Å²) in [5, 5.41) is 25.6. The van der Waals surface area contributed by atoms with Gasteiger partial charge in [0.05, 0.1) is 36.3 Å². The quantitative estimate of drug-likeness (QED) is 0.264. The first-order valence-corrected chi connectivity index (χ1v) is 18.2. The lowest BCUT2D eigenvalue weighted by molar-refractivity contribution is -0.128. The van der Waals surface area contributed by atoms with Gasteiger partial charge in [-0.25, -0.2) is 13.2 Å². The summed E-state index contributed by atoms with van der Waals surface area (Å²) in [5.41, 5.74) is -0.457. The molecule has 270 valence electrons. The van der Waals surface area contributed by atoms with E-state index in [1.807, 2.05) is 65.0 Å². The van der Waals surface area contributed by atoms with E-state index in [9.17, 15) is 28.2 Å². The van der Waals surface area contributed by atoms with E-state index in [1.54, 1.807) is 0 Å². The minimum atomic E-state index is -4.26. The van der Waals surface area contributed by atoms with Crippen molar-refractivity contribution in [2.24, 2.45) is 16.7 Å². The maximum atomic E-state index is 14.4. The van der Waals surface area contributed by atoms with Gasteiger partial charge in [0.1, 0.15) is 0 Å². The van der Waals surface area contributed by atoms with Crippen molar-refractivity contribution in [3.8, 4) is 11.5 Å². The lowest BCUT2D eigenvalue weighted by Gasteiger charge is -2.40. The van der Waals surface area contributed by atoms with Crippen molar-refractivity contribution >= 4 is 22.0 Å². The number of ether oxygens (including phenoxy) is 4. The molecule has 3 aliphatic rings. The van der Waals surface area contributed by atoms with Crippen LogP contribution in [0.1, 0.15) is 53.0 Å². The second kappa shape index (κ2) is 14.8. The maximum Gasteiger partial charge on any atom is 0.407 e. The summed E-state index contributed by atoms with van der Waals surface area (Å²) in [7, 11) is -4.26. The summed E-state index contributed by atoms with van der Waals surface area (Å²) < 4.78 is 52.4. The highest BCUT2D eigenvalue weighted by atomic mass is 32.2. The minimum absolute atomic E-state index is 0.0254. The van der Waals surface area contributed by atoms with Crippen molar-refractivity contribution < 1.29 is 47.2 Å². The first-order chi connectivity index (χ1) is 23.1. The predicted molar refractivity (Wildman–Crippen MR) is 180 cm³/mol. The Morgan fingerprint density at radius 2 is 1.73 bits per heavy atom. The Labute approximate surface area is 288 Å². The van der Waals surface area contributed by atoms with Crippen LogP contribution in [0.4, 0.5) is 4.79 Å². The molecule has 13 nitrogen and oxygen atoms in total. The molecule has 14 heteroatoms. The van der Waals surface area contributed by atoms with Gasteiger partial charge in [-0.3, -0.25) is 9.69 Å². The predicted octanol–water partition coefficient (Wildman–Crippen LogP) is 3.70. The average Bonchev–Trinajstić information content (AvgIpc) is 3.78. The molecule has 0 aliphatic carbocycles. The fourth-order valence-corrected chi connectivity index (χ4v) is 8.30. The molecule has 0 aromatic heterocycles. The van der Waals surface area contributed by atoms with E-state index in [0.29, 0.717) is 37.5 Å². The largest absolute Gasteiger partial charge is 0.465 e. The number of aliphatic hydroxyl groups excluding tert-OH is 1. The Morgan fingerprint density at radius 1 is 1.02 bits per heavy atom. The fraction of sp³-hybridized carbons (Fsp3) is 0.600. The summed E-state index contributed by atoms with van der Waals surface area (Å²) in [6, 6.07) is 12.0. The van der Waals surface area contributed by atoms with Crippen LogP contribution in [0.2, 0.25) is 0 Å². The second-order valence-corrected chi connectivity index (χ2v) is 16.8. The Bertz CT molecular complexity index is 1580. The number of fused-ring (bicyclic) bond motifs is 2. The lowest BCUT2D eigenvalue weighted by Crippen LogP contribution is -2.58. The second-order valence-electron chi connectivity index (χ2n) is 14.8. The molecule has 49 heavy (non-hydrogen) atoms. The Kier molecular flexibility index (Phi) is 11.1. The van der Waals surface area contributed by atoms with Gasteiger partial charge in [0, 0.05) is 37.0 Å². The van der Waals surface area contributed by atoms with Crippen LogP contribution in [-0.4, -0.2) is 104 Å². The van der Waals surface area contributed by atoms with Gasteiger partial charge in [0.25, 0.3) is 0 Å². The van der Waals surface area contributed by atoms with Crippen LogP contribution in [0.5, 0.6) is 11.5 Å². The van der Waals surface area contributed by atoms with Crippen LogP contribution in [0.15, 0.2) is 53.4 Å². The molecule has 2 fully saturated rings. The van der Waals surface area contributed by atoms with Gasteiger partial charge in [0.2, 0.25) is 22.7 Å². The van der Waals surface area contributed by atoms with Crippen LogP contribution in [0.25, 0.3) is 0 Å². The number of carbonyl (C=O) groups is 2. The van der Waals surface area contributed by atoms with Gasteiger partial charge in [-0.2, -0.15) is 4.31 Å². The zero-order valence-electron chi connectivity index (χ0n) is 28.8. The summed E-state index contributed by atoms with van der Waals surface area (Å²) >= 11 is 0. The summed E-state index contributed by atoms with van der Waals surface area (Å²) in [6.45, 7) is 9.66. The van der Waals surface area contributed by atoms with Crippen LogP contribution < -0.4 is 14.8 Å². The van der Waals surface area contributed by atoms with Crippen molar-refractivity contribution in [1.29, 1.82) is 0 Å². The SMILES string of the molecule is CC(C)(CCNC(=O)C(C)(C)C)CN(C[C@@H](O)[C@H](Cc1ccccc1)N(C(=O)O)[C@H]1CO[C@H]2OCC[C@H]21)S(=O)(=O)c1ccc2c(c1)OCO2. The van der Waals surface area contributed by atoms with E-state index >= 15 is 0 Å². The van der Waals surface area contributed by atoms with Crippen LogP contribution in [0.3, 0.4) is 0 Å². The highest BCUT2D eigenvalue weighted by Gasteiger charge is 2.49. The third kappa shape index (κ3) is 8.66. The summed E-state index contributed by atoms with van der Waals surface area (Å²) in [4.78, 5) is 26.8. The van der Waals surface area contributed by atoms with Crippen LogP contribution in [-0.2, 0) is 30.7 Å². The standard InChI is InChI=1S/C35H49N3O10S/c1-34(2,3)32(40)36-15-14-35(4,5)21-37(49(43,44)24-11-12-29-30(18-24)48-22-47-29)19-28(39)26(17-23-9-7-6-8-10-23)38(33(41)42)27-20-46-31-25(27)13-16-45-31/h6-12,18,25-28,31,39H,13-17,19-22H2,1-5H3,(H,36,40)(H,41,42)/t25-,26-,27-,28+,31+/m0/s1. The monoisotopic (exact) mass is 703 g/mol. The van der Waals surface area contributed by atoms with Gasteiger partial charge in [-0.15, -0.1) is 0 Å². The Balaban J connectivity index is 1.46. The fourth-order valence-electron chi connectivity index (χ4n) is 6.63. The molecular formula is C35H49N3O10S. The molecule has 3 N–H and O–H groups in total. The summed E-state index contributed by atoms with van der Waals surface area (Å²) in [6.07, 6.45) is -2.00. The number of aliphatic hydroxyl groups is 1. The number of carboxylic acid groups (broad SMARTS) is 1. The number of nitrogens with one attached hydrogen (secondary N) is 1. The van der Waals surface area contributed by atoms with Gasteiger partial charge < -0.3 is 34.5 Å². The first-order valence-electron chi connectivity index (χ1n) is 16.7. The number of amides is 2. The van der Waals surface area contributed by atoms with Gasteiger partial charge in [0.15, 0.2) is 17.8 Å². The smallest absolute Gasteiger partial charge is 0.407 e. The molecule has 2 amide bonds. The molecular weight excluding hydrogens is 654 g/mol. The molecule has 2 saturated heterocycles. The highest BCUT2D eigenvalue weighted by molar-refractivity contribution is 7.89. The maximum absolute atomic E-state index is 14.4. The number of carbonyl (C=O) groups excluding carboxylic acids is 1. The zero-order chi connectivity index (χ0) is 35.6. The third-order valence-electron chi connectivity index (χ3n) is 9.42. The van der Waals surface area contributed by atoms with E-state index in [2.05, 4.69) is 5.32 Å². The van der Waals surface area contributed by atoms with Crippen molar-refractivity contribution in [1.82, 2.24) is 14.5 Å². The van der Waals surface area contributed by atoms with Crippen molar-refractivity contribution in [2.45, 2.75) is 83.3 Å². The van der Waals surface area contributed by atoms with E-state index in [0.717, 1.165) is 5.56 Å². The van der Waals surface area contributed by atoms with Crippen molar-refractivity contribution in [2.75, 3.05) is 39.6 Å². The number of benzene rings is 2. The molecule has 2 aromatic carbocycles. The number of rotatable bonds is 14. The van der Waals surface area contributed by atoms with Gasteiger partial charge >= 0.3 is 6.09 Å². The van der Waals surface area contributed by atoms with Crippen molar-refractivity contribution in [3.63, 3.8) is 0 Å². The Morgan fingerprint density at radius 3 is 2.43 bits per heavy atom. The van der Waals surface area contributed by atoms with E-state index < -0.39 is 58.0 Å². The molecule has 0 spiro atoms. The van der Waals surface area contributed by atoms with E-state index in [-0.39, 0.29) is 43.1 Å². The van der Waals surface area contributed by atoms with Crippen LogP contribution in [0, 0.1) is 16.7 Å².